The molecule has 1 unspecified atom stereocenters. The topological polar surface area (TPSA) is 65.6 Å². The van der Waals surface area contributed by atoms with Gasteiger partial charge < -0.3 is 4.74 Å². The van der Waals surface area contributed by atoms with Gasteiger partial charge in [-0.05, 0) is 19.2 Å². The summed E-state index contributed by atoms with van der Waals surface area (Å²) in [5, 5.41) is 0. The van der Waals surface area contributed by atoms with Gasteiger partial charge in [0.25, 0.3) is 5.56 Å². The van der Waals surface area contributed by atoms with E-state index in [9.17, 15) is 9.59 Å². The van der Waals surface area contributed by atoms with Gasteiger partial charge in [-0.15, -0.1) is 0 Å². The largest absolute Gasteiger partial charge is 0.381 e. The summed E-state index contributed by atoms with van der Waals surface area (Å²) in [5.41, 5.74) is -0.223. The van der Waals surface area contributed by atoms with Crippen molar-refractivity contribution in [2.75, 3.05) is 13.2 Å². The van der Waals surface area contributed by atoms with Crippen LogP contribution in [-0.4, -0.2) is 29.1 Å². The second-order valence-corrected chi connectivity index (χ2v) is 4.58. The monoisotopic (exact) mass is 263 g/mol. The zero-order valence-electron chi connectivity index (χ0n) is 11.0. The van der Waals surface area contributed by atoms with Crippen LogP contribution in [0.25, 0.3) is 6.08 Å². The molecule has 2 heterocycles. The van der Waals surface area contributed by atoms with Crippen LogP contribution in [0.15, 0.2) is 21.2 Å². The summed E-state index contributed by atoms with van der Waals surface area (Å²) in [4.78, 5) is 28.2. The number of aromatic nitrogens is 2. The van der Waals surface area contributed by atoms with E-state index in [1.54, 1.807) is 7.05 Å². The van der Waals surface area contributed by atoms with E-state index in [4.69, 9.17) is 4.74 Å². The highest BCUT2D eigenvalue weighted by Crippen LogP contribution is 2.15. The van der Waals surface area contributed by atoms with Crippen LogP contribution in [0.5, 0.6) is 0 Å². The minimum absolute atomic E-state index is 0.163. The molecule has 0 bridgehead atoms. The lowest BCUT2D eigenvalue weighted by Gasteiger charge is -2.14. The molecule has 0 aromatic carbocycles. The van der Waals surface area contributed by atoms with Crippen LogP contribution >= 0.6 is 0 Å². The van der Waals surface area contributed by atoms with E-state index in [0.29, 0.717) is 25.5 Å². The molecule has 0 aliphatic carbocycles. The van der Waals surface area contributed by atoms with Gasteiger partial charge in [0.2, 0.25) is 0 Å². The number of ether oxygens (including phenoxy) is 1. The molecule has 0 amide bonds. The Kier molecular flexibility index (Phi) is 3.80. The standard InChI is InChI=1S/C13H17N3O3/c1-4-10-11(14-2)12(17)16(13(18)15(10)3)7-9-5-6-19-8-9/h4,9H,1-2,5-8H2,3H3. The first-order valence-electron chi connectivity index (χ1n) is 6.10. The van der Waals surface area contributed by atoms with Gasteiger partial charge in [-0.3, -0.25) is 18.9 Å². The molecular weight excluding hydrogens is 246 g/mol. The summed E-state index contributed by atoms with van der Waals surface area (Å²) in [6.07, 6.45) is 2.30. The van der Waals surface area contributed by atoms with E-state index in [1.165, 1.54) is 15.2 Å². The van der Waals surface area contributed by atoms with Crippen molar-refractivity contribution in [2.24, 2.45) is 18.0 Å². The third kappa shape index (κ3) is 2.31. The SMILES string of the molecule is C=Cc1c(N=C)c(=O)n(CC2CCOC2)c(=O)n1C. The molecule has 1 saturated heterocycles. The van der Waals surface area contributed by atoms with Gasteiger partial charge in [0.15, 0.2) is 5.69 Å². The summed E-state index contributed by atoms with van der Waals surface area (Å²) in [7, 11) is 1.59. The lowest BCUT2D eigenvalue weighted by atomic mass is 10.1. The van der Waals surface area contributed by atoms with E-state index >= 15 is 0 Å². The molecular formula is C13H17N3O3. The van der Waals surface area contributed by atoms with Crippen molar-refractivity contribution in [3.05, 3.63) is 33.1 Å². The minimum Gasteiger partial charge on any atom is -0.381 e. The first kappa shape index (κ1) is 13.5. The molecule has 0 radical (unpaired) electrons. The predicted octanol–water partition coefficient (Wildman–Crippen LogP) is 0.559. The average molecular weight is 263 g/mol. The van der Waals surface area contributed by atoms with E-state index < -0.39 is 5.56 Å². The fraction of sp³-hybridized carbons (Fsp3) is 0.462. The van der Waals surface area contributed by atoms with Crippen molar-refractivity contribution in [1.82, 2.24) is 9.13 Å². The quantitative estimate of drug-likeness (QED) is 0.745. The van der Waals surface area contributed by atoms with Crippen LogP contribution in [0.1, 0.15) is 12.1 Å². The maximum absolute atomic E-state index is 12.3. The molecule has 19 heavy (non-hydrogen) atoms. The van der Waals surface area contributed by atoms with Crippen molar-refractivity contribution in [2.45, 2.75) is 13.0 Å². The second-order valence-electron chi connectivity index (χ2n) is 4.58. The lowest BCUT2D eigenvalue weighted by Crippen LogP contribution is -2.41. The van der Waals surface area contributed by atoms with Crippen molar-refractivity contribution in [3.63, 3.8) is 0 Å². The Labute approximate surface area is 110 Å². The van der Waals surface area contributed by atoms with Gasteiger partial charge in [-0.1, -0.05) is 6.58 Å². The summed E-state index contributed by atoms with van der Waals surface area (Å²) in [6.45, 7) is 8.60. The minimum atomic E-state index is -0.417. The molecule has 1 aromatic rings. The Bertz CT molecular complexity index is 621. The number of rotatable bonds is 4. The number of aliphatic imine (C=N–C) groups is 1. The summed E-state index contributed by atoms with van der Waals surface area (Å²) in [6, 6.07) is 0. The van der Waals surface area contributed by atoms with Crippen LogP contribution in [-0.2, 0) is 18.3 Å². The molecule has 1 aliphatic heterocycles. The molecule has 6 nitrogen and oxygen atoms in total. The highest BCUT2D eigenvalue weighted by Gasteiger charge is 2.21. The van der Waals surface area contributed by atoms with Crippen LogP contribution in [0.4, 0.5) is 5.69 Å². The van der Waals surface area contributed by atoms with E-state index in [2.05, 4.69) is 18.3 Å². The maximum Gasteiger partial charge on any atom is 0.331 e. The Hall–Kier alpha value is -1.95. The van der Waals surface area contributed by atoms with Crippen molar-refractivity contribution in [1.29, 1.82) is 0 Å². The molecule has 0 saturated carbocycles. The van der Waals surface area contributed by atoms with E-state index in [-0.39, 0.29) is 17.3 Å². The number of hydrogen-bond acceptors (Lipinski definition) is 4. The Morgan fingerprint density at radius 1 is 1.53 bits per heavy atom. The van der Waals surface area contributed by atoms with Crippen LogP contribution in [0.3, 0.4) is 0 Å². The summed E-state index contributed by atoms with van der Waals surface area (Å²) < 4.78 is 7.84. The Morgan fingerprint density at radius 2 is 2.26 bits per heavy atom. The average Bonchev–Trinajstić information content (AvgIpc) is 2.91. The molecule has 1 fully saturated rings. The van der Waals surface area contributed by atoms with Crippen molar-refractivity contribution in [3.8, 4) is 0 Å². The molecule has 6 heteroatoms. The van der Waals surface area contributed by atoms with Crippen molar-refractivity contribution < 1.29 is 4.74 Å². The zero-order valence-corrected chi connectivity index (χ0v) is 11.0. The highest BCUT2D eigenvalue weighted by atomic mass is 16.5. The third-order valence-electron chi connectivity index (χ3n) is 3.39. The number of hydrogen-bond donors (Lipinski definition) is 0. The van der Waals surface area contributed by atoms with Gasteiger partial charge in [0.1, 0.15) is 0 Å². The fourth-order valence-electron chi connectivity index (χ4n) is 2.30. The van der Waals surface area contributed by atoms with Gasteiger partial charge in [-0.2, -0.15) is 0 Å². The smallest absolute Gasteiger partial charge is 0.331 e. The third-order valence-corrected chi connectivity index (χ3v) is 3.39. The van der Waals surface area contributed by atoms with Crippen LogP contribution in [0, 0.1) is 5.92 Å². The van der Waals surface area contributed by atoms with Crippen LogP contribution < -0.4 is 11.2 Å². The van der Waals surface area contributed by atoms with Crippen LogP contribution in [0.2, 0.25) is 0 Å². The van der Waals surface area contributed by atoms with E-state index in [0.717, 1.165) is 6.42 Å². The van der Waals surface area contributed by atoms with Crippen molar-refractivity contribution >= 4 is 18.5 Å². The molecule has 1 aliphatic rings. The summed E-state index contributed by atoms with van der Waals surface area (Å²) >= 11 is 0. The maximum atomic E-state index is 12.3. The first-order chi connectivity index (χ1) is 9.10. The van der Waals surface area contributed by atoms with E-state index in [1.807, 2.05) is 0 Å². The molecule has 1 atom stereocenters. The normalized spacial score (nSPS) is 18.5. The molecule has 1 aromatic heterocycles. The van der Waals surface area contributed by atoms with Gasteiger partial charge in [0.05, 0.1) is 12.3 Å². The summed E-state index contributed by atoms with van der Waals surface area (Å²) in [5.74, 6) is 0.192. The molecule has 0 N–H and O–H groups in total. The fourth-order valence-corrected chi connectivity index (χ4v) is 2.30. The highest BCUT2D eigenvalue weighted by molar-refractivity contribution is 5.60. The first-order valence-corrected chi connectivity index (χ1v) is 6.10. The molecule has 2 rings (SSSR count). The Balaban J connectivity index is 2.57. The molecule has 102 valence electrons. The second kappa shape index (κ2) is 5.36. The molecule has 0 spiro atoms. The number of nitrogens with zero attached hydrogens (tertiary/aromatic N) is 3. The van der Waals surface area contributed by atoms with Gasteiger partial charge in [0, 0.05) is 26.1 Å². The zero-order chi connectivity index (χ0) is 14.0. The lowest BCUT2D eigenvalue weighted by molar-refractivity contribution is 0.181. The van der Waals surface area contributed by atoms with Gasteiger partial charge in [-0.25, -0.2) is 4.79 Å². The Morgan fingerprint density at radius 3 is 2.79 bits per heavy atom. The van der Waals surface area contributed by atoms with Gasteiger partial charge >= 0.3 is 5.69 Å². The predicted molar refractivity (Wildman–Crippen MR) is 74.2 cm³/mol.